The average Bonchev–Trinajstić information content (AvgIpc) is 2.05. The number of nitrogens with zero attached hydrogens (tertiary/aromatic N) is 1. The van der Waals surface area contributed by atoms with Crippen LogP contribution in [-0.4, -0.2) is 30.4 Å². The lowest BCUT2D eigenvalue weighted by Gasteiger charge is -2.14. The van der Waals surface area contributed by atoms with Crippen molar-refractivity contribution in [1.82, 2.24) is 4.90 Å². The van der Waals surface area contributed by atoms with Crippen molar-refractivity contribution >= 4 is 15.9 Å². The Morgan fingerprint density at radius 2 is 1.67 bits per heavy atom. The Labute approximate surface area is 85.7 Å². The molecule has 12 heavy (non-hydrogen) atoms. The second-order valence-electron chi connectivity index (χ2n) is 3.41. The van der Waals surface area contributed by atoms with Crippen molar-refractivity contribution in [3.63, 3.8) is 0 Å². The SMILES string of the molecule is CCCCCCCN(C)CCBr. The highest BCUT2D eigenvalue weighted by molar-refractivity contribution is 9.09. The third kappa shape index (κ3) is 8.54. The maximum atomic E-state index is 3.44. The van der Waals surface area contributed by atoms with Crippen LogP contribution in [0.15, 0.2) is 0 Å². The molecule has 0 aliphatic heterocycles. The number of hydrogen-bond donors (Lipinski definition) is 0. The smallest absolute Gasteiger partial charge is 0.0159 e. The van der Waals surface area contributed by atoms with Crippen LogP contribution < -0.4 is 0 Å². The Morgan fingerprint density at radius 1 is 1.00 bits per heavy atom. The summed E-state index contributed by atoms with van der Waals surface area (Å²) in [6.07, 6.45) is 6.93. The van der Waals surface area contributed by atoms with E-state index in [4.69, 9.17) is 0 Å². The number of alkyl halides is 1. The number of rotatable bonds is 8. The van der Waals surface area contributed by atoms with Gasteiger partial charge in [0.1, 0.15) is 0 Å². The van der Waals surface area contributed by atoms with Crippen molar-refractivity contribution in [3.05, 3.63) is 0 Å². The van der Waals surface area contributed by atoms with Crippen molar-refractivity contribution in [2.75, 3.05) is 25.5 Å². The minimum atomic E-state index is 1.10. The van der Waals surface area contributed by atoms with Gasteiger partial charge >= 0.3 is 0 Å². The summed E-state index contributed by atoms with van der Waals surface area (Å²) in [5.74, 6) is 0. The first-order valence-corrected chi connectivity index (χ1v) is 6.18. The first-order valence-electron chi connectivity index (χ1n) is 5.05. The summed E-state index contributed by atoms with van der Waals surface area (Å²) in [6.45, 7) is 4.69. The van der Waals surface area contributed by atoms with Crippen molar-refractivity contribution < 1.29 is 0 Å². The van der Waals surface area contributed by atoms with Gasteiger partial charge in [0.15, 0.2) is 0 Å². The predicted octanol–water partition coefficient (Wildman–Crippen LogP) is 3.28. The Morgan fingerprint density at radius 3 is 2.25 bits per heavy atom. The van der Waals surface area contributed by atoms with Gasteiger partial charge in [-0.25, -0.2) is 0 Å². The monoisotopic (exact) mass is 235 g/mol. The first kappa shape index (κ1) is 12.4. The lowest BCUT2D eigenvalue weighted by atomic mass is 10.1. The fourth-order valence-corrected chi connectivity index (χ4v) is 1.85. The average molecular weight is 236 g/mol. The molecule has 0 saturated heterocycles. The van der Waals surface area contributed by atoms with Crippen LogP contribution in [0.3, 0.4) is 0 Å². The van der Waals surface area contributed by atoms with Crippen LogP contribution in [0.5, 0.6) is 0 Å². The summed E-state index contributed by atoms with van der Waals surface area (Å²) in [6, 6.07) is 0. The molecule has 0 aliphatic rings. The zero-order chi connectivity index (χ0) is 9.23. The molecule has 2 heteroatoms. The molecule has 0 saturated carbocycles. The molecule has 0 atom stereocenters. The number of unbranched alkanes of at least 4 members (excludes halogenated alkanes) is 4. The lowest BCUT2D eigenvalue weighted by Crippen LogP contribution is -2.21. The molecule has 0 radical (unpaired) electrons. The highest BCUT2D eigenvalue weighted by Crippen LogP contribution is 2.03. The fourth-order valence-electron chi connectivity index (χ4n) is 1.24. The maximum absolute atomic E-state index is 3.44. The van der Waals surface area contributed by atoms with Gasteiger partial charge in [0.25, 0.3) is 0 Å². The molecule has 0 rings (SSSR count). The zero-order valence-corrected chi connectivity index (χ0v) is 10.1. The summed E-state index contributed by atoms with van der Waals surface area (Å²) >= 11 is 3.44. The molecule has 0 amide bonds. The van der Waals surface area contributed by atoms with Gasteiger partial charge in [-0.3, -0.25) is 0 Å². The molecule has 0 aromatic carbocycles. The van der Waals surface area contributed by atoms with E-state index < -0.39 is 0 Å². The normalized spacial score (nSPS) is 11.0. The van der Waals surface area contributed by atoms with Crippen molar-refractivity contribution in [3.8, 4) is 0 Å². The molecule has 0 unspecified atom stereocenters. The highest BCUT2D eigenvalue weighted by Gasteiger charge is 1.95. The third-order valence-corrected chi connectivity index (χ3v) is 2.46. The van der Waals surface area contributed by atoms with Crippen LogP contribution in [0.2, 0.25) is 0 Å². The van der Waals surface area contributed by atoms with E-state index in [0.717, 1.165) is 5.33 Å². The largest absolute Gasteiger partial charge is 0.306 e. The fraction of sp³-hybridized carbons (Fsp3) is 1.00. The molecule has 0 aliphatic carbocycles. The van der Waals surface area contributed by atoms with E-state index >= 15 is 0 Å². The Bertz CT molecular complexity index is 85.9. The highest BCUT2D eigenvalue weighted by atomic mass is 79.9. The minimum Gasteiger partial charge on any atom is -0.306 e. The molecule has 0 aromatic heterocycles. The molecule has 1 nitrogen and oxygen atoms in total. The van der Waals surface area contributed by atoms with E-state index in [9.17, 15) is 0 Å². The van der Waals surface area contributed by atoms with E-state index in [1.54, 1.807) is 0 Å². The second kappa shape index (κ2) is 9.53. The second-order valence-corrected chi connectivity index (χ2v) is 4.20. The van der Waals surface area contributed by atoms with Gasteiger partial charge in [-0.1, -0.05) is 48.5 Å². The summed E-state index contributed by atoms with van der Waals surface area (Å²) in [4.78, 5) is 2.39. The summed E-state index contributed by atoms with van der Waals surface area (Å²) in [5, 5.41) is 1.10. The van der Waals surface area contributed by atoms with E-state index in [0.29, 0.717) is 0 Å². The maximum Gasteiger partial charge on any atom is 0.0159 e. The zero-order valence-electron chi connectivity index (χ0n) is 8.48. The predicted molar refractivity (Wildman–Crippen MR) is 60.1 cm³/mol. The molecule has 0 aromatic rings. The van der Waals surface area contributed by atoms with Gasteiger partial charge in [-0.15, -0.1) is 0 Å². The molecule has 0 spiro atoms. The molecule has 74 valence electrons. The Kier molecular flexibility index (Phi) is 9.88. The van der Waals surface area contributed by atoms with Crippen LogP contribution in [0.25, 0.3) is 0 Å². The van der Waals surface area contributed by atoms with Gasteiger partial charge in [0, 0.05) is 11.9 Å². The van der Waals surface area contributed by atoms with Crippen LogP contribution in [0.1, 0.15) is 39.0 Å². The van der Waals surface area contributed by atoms with Gasteiger partial charge in [0.2, 0.25) is 0 Å². The van der Waals surface area contributed by atoms with E-state index in [1.807, 2.05) is 0 Å². The topological polar surface area (TPSA) is 3.24 Å². The van der Waals surface area contributed by atoms with Crippen LogP contribution >= 0.6 is 15.9 Å². The minimum absolute atomic E-state index is 1.10. The van der Waals surface area contributed by atoms with Crippen LogP contribution in [-0.2, 0) is 0 Å². The quantitative estimate of drug-likeness (QED) is 0.461. The lowest BCUT2D eigenvalue weighted by molar-refractivity contribution is 0.344. The van der Waals surface area contributed by atoms with Gasteiger partial charge in [-0.2, -0.15) is 0 Å². The molecule has 0 fully saturated rings. The molecule has 0 N–H and O–H groups in total. The van der Waals surface area contributed by atoms with Crippen LogP contribution in [0, 0.1) is 0 Å². The van der Waals surface area contributed by atoms with E-state index in [1.165, 1.54) is 45.2 Å². The Balaban J connectivity index is 2.97. The van der Waals surface area contributed by atoms with Gasteiger partial charge in [0.05, 0.1) is 0 Å². The number of halogens is 1. The molecule has 0 bridgehead atoms. The number of hydrogen-bond acceptors (Lipinski definition) is 1. The molecular weight excluding hydrogens is 214 g/mol. The van der Waals surface area contributed by atoms with Crippen molar-refractivity contribution in [2.24, 2.45) is 0 Å². The van der Waals surface area contributed by atoms with Crippen molar-refractivity contribution in [1.29, 1.82) is 0 Å². The molecular formula is C10H22BrN. The third-order valence-electron chi connectivity index (χ3n) is 2.11. The Hall–Kier alpha value is 0.440. The van der Waals surface area contributed by atoms with Crippen molar-refractivity contribution in [2.45, 2.75) is 39.0 Å². The van der Waals surface area contributed by atoms with Crippen LogP contribution in [0.4, 0.5) is 0 Å². The standard InChI is InChI=1S/C10H22BrN/c1-3-4-5-6-7-9-12(2)10-8-11/h3-10H2,1-2H3. The molecule has 0 heterocycles. The van der Waals surface area contributed by atoms with Gasteiger partial charge in [-0.05, 0) is 20.0 Å². The summed E-state index contributed by atoms with van der Waals surface area (Å²) < 4.78 is 0. The van der Waals surface area contributed by atoms with E-state index in [-0.39, 0.29) is 0 Å². The first-order chi connectivity index (χ1) is 5.81. The summed E-state index contributed by atoms with van der Waals surface area (Å²) in [7, 11) is 2.20. The summed E-state index contributed by atoms with van der Waals surface area (Å²) in [5.41, 5.74) is 0. The van der Waals surface area contributed by atoms with E-state index in [2.05, 4.69) is 34.8 Å². The van der Waals surface area contributed by atoms with Gasteiger partial charge < -0.3 is 4.90 Å².